The molecule has 4 heteroatoms. The van der Waals surface area contributed by atoms with Crippen molar-refractivity contribution in [2.24, 2.45) is 5.73 Å². The van der Waals surface area contributed by atoms with Crippen molar-refractivity contribution in [3.05, 3.63) is 10.6 Å². The van der Waals surface area contributed by atoms with Gasteiger partial charge in [-0.3, -0.25) is 0 Å². The first-order chi connectivity index (χ1) is 5.96. The van der Waals surface area contributed by atoms with Gasteiger partial charge < -0.3 is 5.73 Å². The van der Waals surface area contributed by atoms with Crippen LogP contribution < -0.4 is 5.73 Å². The van der Waals surface area contributed by atoms with E-state index in [0.717, 1.165) is 17.0 Å². The Hall–Kier alpha value is -0.480. The van der Waals surface area contributed by atoms with Gasteiger partial charge in [0, 0.05) is 11.5 Å². The molecule has 1 heterocycles. The van der Waals surface area contributed by atoms with Gasteiger partial charge in [0.05, 0.1) is 10.6 Å². The summed E-state index contributed by atoms with van der Waals surface area (Å²) in [4.78, 5) is 1.13. The maximum absolute atomic E-state index is 5.97. The lowest BCUT2D eigenvalue weighted by Gasteiger charge is -2.18. The van der Waals surface area contributed by atoms with Gasteiger partial charge in [-0.1, -0.05) is 32.2 Å². The molecule has 0 fully saturated rings. The lowest BCUT2D eigenvalue weighted by atomic mass is 9.90. The van der Waals surface area contributed by atoms with E-state index in [-0.39, 0.29) is 11.5 Å². The third kappa shape index (κ3) is 2.25. The second kappa shape index (κ2) is 3.72. The van der Waals surface area contributed by atoms with Gasteiger partial charge in [-0.2, -0.15) is 0 Å². The van der Waals surface area contributed by atoms with Crippen LogP contribution in [0.15, 0.2) is 0 Å². The Kier molecular flexibility index (Phi) is 3.03. The minimum Gasteiger partial charge on any atom is -0.323 e. The summed E-state index contributed by atoms with van der Waals surface area (Å²) < 4.78 is 3.97. The van der Waals surface area contributed by atoms with E-state index < -0.39 is 0 Å². The molecule has 1 aromatic rings. The standard InChI is InChI=1S/C9H17N3S/c1-5-6(10)7-8(9(2,3)4)11-12-13-7/h6H,5,10H2,1-4H3. The average molecular weight is 199 g/mol. The first kappa shape index (κ1) is 10.6. The summed E-state index contributed by atoms with van der Waals surface area (Å²) in [5, 5.41) is 4.14. The quantitative estimate of drug-likeness (QED) is 0.794. The van der Waals surface area contributed by atoms with Gasteiger partial charge in [0.2, 0.25) is 0 Å². The van der Waals surface area contributed by atoms with Crippen LogP contribution in [0.2, 0.25) is 0 Å². The molecular formula is C9H17N3S. The van der Waals surface area contributed by atoms with E-state index in [9.17, 15) is 0 Å². The lowest BCUT2D eigenvalue weighted by Crippen LogP contribution is -2.18. The molecule has 1 unspecified atom stereocenters. The number of hydrogen-bond acceptors (Lipinski definition) is 4. The highest BCUT2D eigenvalue weighted by Gasteiger charge is 2.24. The number of rotatable bonds is 2. The van der Waals surface area contributed by atoms with Gasteiger partial charge in [-0.15, -0.1) is 5.10 Å². The molecule has 2 N–H and O–H groups in total. The summed E-state index contributed by atoms with van der Waals surface area (Å²) in [6, 6.07) is 0.0919. The Balaban J connectivity index is 3.03. The highest BCUT2D eigenvalue weighted by Crippen LogP contribution is 2.30. The van der Waals surface area contributed by atoms with E-state index in [1.165, 1.54) is 11.5 Å². The fraction of sp³-hybridized carbons (Fsp3) is 0.778. The van der Waals surface area contributed by atoms with E-state index >= 15 is 0 Å². The Morgan fingerprint density at radius 2 is 2.08 bits per heavy atom. The average Bonchev–Trinajstić information content (AvgIpc) is 2.49. The normalized spacial score (nSPS) is 14.5. The number of nitrogens with zero attached hydrogens (tertiary/aromatic N) is 2. The highest BCUT2D eigenvalue weighted by atomic mass is 32.1. The fourth-order valence-corrected chi connectivity index (χ4v) is 2.09. The summed E-state index contributed by atoms with van der Waals surface area (Å²) in [6.45, 7) is 8.48. The van der Waals surface area contributed by atoms with Gasteiger partial charge in [0.25, 0.3) is 0 Å². The minimum absolute atomic E-state index is 0.0507. The van der Waals surface area contributed by atoms with Crippen LogP contribution >= 0.6 is 11.5 Å². The molecule has 0 aliphatic rings. The lowest BCUT2D eigenvalue weighted by molar-refractivity contribution is 0.548. The van der Waals surface area contributed by atoms with Crippen molar-refractivity contribution in [1.82, 2.24) is 9.59 Å². The van der Waals surface area contributed by atoms with Crippen molar-refractivity contribution < 1.29 is 0 Å². The summed E-state index contributed by atoms with van der Waals surface area (Å²) in [7, 11) is 0. The summed E-state index contributed by atoms with van der Waals surface area (Å²) >= 11 is 1.42. The maximum Gasteiger partial charge on any atom is 0.0856 e. The Morgan fingerprint density at radius 3 is 2.54 bits per heavy atom. The molecule has 0 bridgehead atoms. The minimum atomic E-state index is 0.0507. The second-order valence-corrected chi connectivity index (χ2v) is 5.04. The van der Waals surface area contributed by atoms with Crippen molar-refractivity contribution in [1.29, 1.82) is 0 Å². The first-order valence-corrected chi connectivity index (χ1v) is 5.32. The Labute approximate surface area is 83.5 Å². The number of aromatic nitrogens is 2. The van der Waals surface area contributed by atoms with Crippen LogP contribution in [-0.2, 0) is 5.41 Å². The van der Waals surface area contributed by atoms with E-state index in [1.807, 2.05) is 0 Å². The van der Waals surface area contributed by atoms with Crippen LogP contribution in [0.1, 0.15) is 50.7 Å². The van der Waals surface area contributed by atoms with E-state index in [0.29, 0.717) is 0 Å². The monoisotopic (exact) mass is 199 g/mol. The number of hydrogen-bond donors (Lipinski definition) is 1. The zero-order chi connectivity index (χ0) is 10.1. The molecule has 0 saturated heterocycles. The molecule has 74 valence electrons. The van der Waals surface area contributed by atoms with Gasteiger partial charge in [0.15, 0.2) is 0 Å². The molecule has 0 saturated carbocycles. The predicted octanol–water partition coefficient (Wildman–Crippen LogP) is 2.25. The third-order valence-electron chi connectivity index (χ3n) is 2.00. The Bertz CT molecular complexity index is 275. The van der Waals surface area contributed by atoms with Crippen molar-refractivity contribution >= 4 is 11.5 Å². The van der Waals surface area contributed by atoms with Crippen LogP contribution in [0, 0.1) is 0 Å². The molecule has 0 radical (unpaired) electrons. The van der Waals surface area contributed by atoms with Gasteiger partial charge >= 0.3 is 0 Å². The summed E-state index contributed by atoms with van der Waals surface area (Å²) in [5.41, 5.74) is 7.07. The first-order valence-electron chi connectivity index (χ1n) is 4.55. The van der Waals surface area contributed by atoms with Gasteiger partial charge in [-0.05, 0) is 18.0 Å². The van der Waals surface area contributed by atoms with E-state index in [4.69, 9.17) is 5.73 Å². The molecule has 13 heavy (non-hydrogen) atoms. The van der Waals surface area contributed by atoms with E-state index in [2.05, 4.69) is 37.3 Å². The smallest absolute Gasteiger partial charge is 0.0856 e. The van der Waals surface area contributed by atoms with E-state index in [1.54, 1.807) is 0 Å². The summed E-state index contributed by atoms with van der Waals surface area (Å²) in [6.07, 6.45) is 0.937. The van der Waals surface area contributed by atoms with Crippen molar-refractivity contribution in [3.8, 4) is 0 Å². The fourth-order valence-electron chi connectivity index (χ4n) is 1.15. The number of nitrogens with two attached hydrogens (primary N) is 1. The molecule has 1 rings (SSSR count). The molecule has 0 aliphatic heterocycles. The highest BCUT2D eigenvalue weighted by molar-refractivity contribution is 7.05. The van der Waals surface area contributed by atoms with Crippen LogP contribution in [-0.4, -0.2) is 9.59 Å². The largest absolute Gasteiger partial charge is 0.323 e. The zero-order valence-electron chi connectivity index (χ0n) is 8.66. The maximum atomic E-state index is 5.97. The van der Waals surface area contributed by atoms with Crippen molar-refractivity contribution in [3.63, 3.8) is 0 Å². The topological polar surface area (TPSA) is 51.8 Å². The van der Waals surface area contributed by atoms with Crippen LogP contribution in [0.25, 0.3) is 0 Å². The van der Waals surface area contributed by atoms with Gasteiger partial charge in [-0.25, -0.2) is 0 Å². The SMILES string of the molecule is CCC(N)c1snnc1C(C)(C)C. The van der Waals surface area contributed by atoms with Gasteiger partial charge in [0.1, 0.15) is 0 Å². The zero-order valence-corrected chi connectivity index (χ0v) is 9.48. The molecule has 3 nitrogen and oxygen atoms in total. The Morgan fingerprint density at radius 1 is 1.46 bits per heavy atom. The predicted molar refractivity (Wildman–Crippen MR) is 55.8 cm³/mol. The molecule has 1 atom stereocenters. The van der Waals surface area contributed by atoms with Crippen molar-refractivity contribution in [2.75, 3.05) is 0 Å². The van der Waals surface area contributed by atoms with Crippen molar-refractivity contribution in [2.45, 2.75) is 45.6 Å². The molecule has 0 amide bonds. The third-order valence-corrected chi connectivity index (χ3v) is 2.86. The van der Waals surface area contributed by atoms with Crippen LogP contribution in [0.5, 0.6) is 0 Å². The molecule has 0 aromatic carbocycles. The molecule has 1 aromatic heterocycles. The van der Waals surface area contributed by atoms with Crippen LogP contribution in [0.3, 0.4) is 0 Å². The van der Waals surface area contributed by atoms with Crippen LogP contribution in [0.4, 0.5) is 0 Å². The molecule has 0 aliphatic carbocycles. The summed E-state index contributed by atoms with van der Waals surface area (Å²) in [5.74, 6) is 0. The molecule has 0 spiro atoms. The second-order valence-electron chi connectivity index (χ2n) is 4.25. The molecular weight excluding hydrogens is 182 g/mol.